The lowest BCUT2D eigenvalue weighted by Gasteiger charge is -2.32. The van der Waals surface area contributed by atoms with Gasteiger partial charge in [-0.3, -0.25) is 4.90 Å². The van der Waals surface area contributed by atoms with E-state index in [1.54, 1.807) is 6.07 Å². The predicted octanol–water partition coefficient (Wildman–Crippen LogP) is 3.62. The third-order valence-electron chi connectivity index (χ3n) is 3.54. The summed E-state index contributed by atoms with van der Waals surface area (Å²) in [6.07, 6.45) is -3.84. The van der Waals surface area contributed by atoms with E-state index < -0.39 is 11.7 Å². The van der Waals surface area contributed by atoms with Crippen LogP contribution in [-0.4, -0.2) is 37.2 Å². The number of morpholine rings is 1. The minimum absolute atomic E-state index is 0.182. The van der Waals surface area contributed by atoms with Crippen LogP contribution in [0.3, 0.4) is 0 Å². The molecule has 1 aliphatic rings. The molecule has 1 aliphatic heterocycles. The van der Waals surface area contributed by atoms with E-state index >= 15 is 0 Å². The molecule has 1 unspecified atom stereocenters. The molecule has 1 fully saturated rings. The second-order valence-corrected chi connectivity index (χ2v) is 5.42. The number of nitrogens with zero attached hydrogens (tertiary/aromatic N) is 1. The van der Waals surface area contributed by atoms with Crippen LogP contribution in [0, 0.1) is 0 Å². The van der Waals surface area contributed by atoms with Gasteiger partial charge in [-0.15, -0.1) is 0 Å². The number of halogens is 4. The maximum Gasteiger partial charge on any atom is 0.417 e. The molecule has 1 saturated heterocycles. The topological polar surface area (TPSA) is 12.5 Å². The summed E-state index contributed by atoms with van der Waals surface area (Å²) in [5.41, 5.74) is -0.105. The van der Waals surface area contributed by atoms with Crippen molar-refractivity contribution in [3.63, 3.8) is 0 Å². The molecule has 1 aromatic rings. The number of benzene rings is 1. The van der Waals surface area contributed by atoms with Crippen LogP contribution in [-0.2, 0) is 17.3 Å². The standard InChI is InChI=1S/C14H17ClF3NO/c1-10(19-4-6-20-7-5-19)8-11-2-3-13(15)12(9-11)14(16,17)18/h2-3,9-10H,4-8H2,1H3. The summed E-state index contributed by atoms with van der Waals surface area (Å²) in [4.78, 5) is 2.23. The van der Waals surface area contributed by atoms with Gasteiger partial charge in [0.15, 0.2) is 0 Å². The van der Waals surface area contributed by atoms with Crippen LogP contribution in [0.4, 0.5) is 13.2 Å². The molecule has 2 nitrogen and oxygen atoms in total. The molecule has 1 aromatic carbocycles. The van der Waals surface area contributed by atoms with Crippen molar-refractivity contribution in [1.29, 1.82) is 0 Å². The van der Waals surface area contributed by atoms with E-state index in [1.807, 2.05) is 6.92 Å². The summed E-state index contributed by atoms with van der Waals surface area (Å²) in [6.45, 7) is 5.02. The molecule has 0 aromatic heterocycles. The Morgan fingerprint density at radius 1 is 1.30 bits per heavy atom. The molecule has 6 heteroatoms. The predicted molar refractivity (Wildman–Crippen MR) is 72.0 cm³/mol. The summed E-state index contributed by atoms with van der Waals surface area (Å²) >= 11 is 5.62. The second kappa shape index (κ2) is 6.33. The molecular weight excluding hydrogens is 291 g/mol. The van der Waals surface area contributed by atoms with Crippen molar-refractivity contribution >= 4 is 11.6 Å². The fourth-order valence-corrected chi connectivity index (χ4v) is 2.63. The van der Waals surface area contributed by atoms with Crippen LogP contribution < -0.4 is 0 Å². The third kappa shape index (κ3) is 3.87. The Balaban J connectivity index is 2.09. The molecule has 2 rings (SSSR count). The molecule has 1 atom stereocenters. The van der Waals surface area contributed by atoms with Crippen molar-refractivity contribution in [3.8, 4) is 0 Å². The molecule has 0 N–H and O–H groups in total. The van der Waals surface area contributed by atoms with Gasteiger partial charge in [0.05, 0.1) is 23.8 Å². The first-order valence-corrected chi connectivity index (χ1v) is 6.93. The number of rotatable bonds is 3. The zero-order valence-corrected chi connectivity index (χ0v) is 12.0. The van der Waals surface area contributed by atoms with E-state index in [1.165, 1.54) is 6.07 Å². The minimum atomic E-state index is -4.41. The SMILES string of the molecule is CC(Cc1ccc(Cl)c(C(F)(F)F)c1)N1CCOCC1. The van der Waals surface area contributed by atoms with Crippen LogP contribution in [0.2, 0.25) is 5.02 Å². The molecule has 0 amide bonds. The van der Waals surface area contributed by atoms with Crippen molar-refractivity contribution in [1.82, 2.24) is 4.90 Å². The summed E-state index contributed by atoms with van der Waals surface area (Å²) in [7, 11) is 0. The van der Waals surface area contributed by atoms with Gasteiger partial charge in [0, 0.05) is 19.1 Å². The van der Waals surface area contributed by atoms with E-state index in [4.69, 9.17) is 16.3 Å². The molecule has 0 radical (unpaired) electrons. The van der Waals surface area contributed by atoms with Crippen molar-refractivity contribution in [2.24, 2.45) is 0 Å². The number of hydrogen-bond acceptors (Lipinski definition) is 2. The normalized spacial score (nSPS) is 19.1. The van der Waals surface area contributed by atoms with Gasteiger partial charge in [0.25, 0.3) is 0 Å². The van der Waals surface area contributed by atoms with Crippen LogP contribution in [0.15, 0.2) is 18.2 Å². The Bertz CT molecular complexity index is 458. The van der Waals surface area contributed by atoms with Crippen LogP contribution in [0.1, 0.15) is 18.1 Å². The van der Waals surface area contributed by atoms with E-state index in [0.717, 1.165) is 19.2 Å². The summed E-state index contributed by atoms with van der Waals surface area (Å²) in [5.74, 6) is 0. The lowest BCUT2D eigenvalue weighted by Crippen LogP contribution is -2.43. The Labute approximate surface area is 121 Å². The largest absolute Gasteiger partial charge is 0.417 e. The van der Waals surface area contributed by atoms with Gasteiger partial charge in [-0.05, 0) is 31.0 Å². The van der Waals surface area contributed by atoms with Gasteiger partial charge in [0.2, 0.25) is 0 Å². The average molecular weight is 308 g/mol. The molecule has 0 spiro atoms. The van der Waals surface area contributed by atoms with Crippen molar-refractivity contribution in [3.05, 3.63) is 34.3 Å². The van der Waals surface area contributed by atoms with E-state index in [9.17, 15) is 13.2 Å². The minimum Gasteiger partial charge on any atom is -0.379 e. The van der Waals surface area contributed by atoms with Gasteiger partial charge in [-0.1, -0.05) is 17.7 Å². The van der Waals surface area contributed by atoms with Crippen LogP contribution >= 0.6 is 11.6 Å². The fourth-order valence-electron chi connectivity index (χ4n) is 2.41. The molecule has 0 bridgehead atoms. The first-order chi connectivity index (χ1) is 9.38. The highest BCUT2D eigenvalue weighted by Crippen LogP contribution is 2.35. The van der Waals surface area contributed by atoms with Gasteiger partial charge >= 0.3 is 6.18 Å². The summed E-state index contributed by atoms with van der Waals surface area (Å²) < 4.78 is 43.7. The van der Waals surface area contributed by atoms with Crippen molar-refractivity contribution < 1.29 is 17.9 Å². The average Bonchev–Trinajstić information content (AvgIpc) is 2.40. The summed E-state index contributed by atoms with van der Waals surface area (Å²) in [6, 6.07) is 4.32. The fraction of sp³-hybridized carbons (Fsp3) is 0.571. The monoisotopic (exact) mass is 307 g/mol. The van der Waals surface area contributed by atoms with Gasteiger partial charge in [-0.25, -0.2) is 0 Å². The van der Waals surface area contributed by atoms with Gasteiger partial charge in [-0.2, -0.15) is 13.2 Å². The molecule has 20 heavy (non-hydrogen) atoms. The zero-order valence-electron chi connectivity index (χ0n) is 11.2. The lowest BCUT2D eigenvalue weighted by molar-refractivity contribution is -0.137. The zero-order chi connectivity index (χ0) is 14.8. The second-order valence-electron chi connectivity index (χ2n) is 5.01. The maximum atomic E-state index is 12.8. The van der Waals surface area contributed by atoms with Gasteiger partial charge in [0.1, 0.15) is 0 Å². The number of ether oxygens (including phenoxy) is 1. The number of hydrogen-bond donors (Lipinski definition) is 0. The summed E-state index contributed by atoms with van der Waals surface area (Å²) in [5, 5.41) is -0.250. The van der Waals surface area contributed by atoms with Gasteiger partial charge < -0.3 is 4.74 Å². The highest BCUT2D eigenvalue weighted by atomic mass is 35.5. The maximum absolute atomic E-state index is 12.8. The van der Waals surface area contributed by atoms with Crippen LogP contribution in [0.25, 0.3) is 0 Å². The molecule has 0 aliphatic carbocycles. The Morgan fingerprint density at radius 2 is 1.95 bits per heavy atom. The smallest absolute Gasteiger partial charge is 0.379 e. The van der Waals surface area contributed by atoms with E-state index in [0.29, 0.717) is 25.2 Å². The molecular formula is C14H17ClF3NO. The molecule has 112 valence electrons. The third-order valence-corrected chi connectivity index (χ3v) is 3.87. The Kier molecular flexibility index (Phi) is 4.94. The molecule has 1 heterocycles. The highest BCUT2D eigenvalue weighted by molar-refractivity contribution is 6.31. The van der Waals surface area contributed by atoms with E-state index in [-0.39, 0.29) is 11.1 Å². The Hall–Kier alpha value is -0.780. The molecule has 0 saturated carbocycles. The first-order valence-electron chi connectivity index (χ1n) is 6.55. The van der Waals surface area contributed by atoms with E-state index in [2.05, 4.69) is 4.90 Å². The lowest BCUT2D eigenvalue weighted by atomic mass is 10.0. The first kappa shape index (κ1) is 15.6. The van der Waals surface area contributed by atoms with Crippen molar-refractivity contribution in [2.75, 3.05) is 26.3 Å². The van der Waals surface area contributed by atoms with Crippen molar-refractivity contribution in [2.45, 2.75) is 25.6 Å². The number of alkyl halides is 3. The quantitative estimate of drug-likeness (QED) is 0.845. The highest BCUT2D eigenvalue weighted by Gasteiger charge is 2.33. The Morgan fingerprint density at radius 3 is 2.55 bits per heavy atom. The van der Waals surface area contributed by atoms with Crippen LogP contribution in [0.5, 0.6) is 0 Å².